The van der Waals surface area contributed by atoms with Crippen LogP contribution >= 0.6 is 27.7 Å². The van der Waals surface area contributed by atoms with E-state index in [1.165, 1.54) is 6.26 Å². The Morgan fingerprint density at radius 1 is 1.73 bits per heavy atom. The van der Waals surface area contributed by atoms with E-state index in [2.05, 4.69) is 15.9 Å². The second-order valence-corrected chi connectivity index (χ2v) is 5.50. The van der Waals surface area contributed by atoms with Crippen LogP contribution < -0.4 is 0 Å². The summed E-state index contributed by atoms with van der Waals surface area (Å²) >= 11 is 5.09. The predicted octanol–water partition coefficient (Wildman–Crippen LogP) is 2.62. The van der Waals surface area contributed by atoms with Crippen molar-refractivity contribution in [3.8, 4) is 0 Å². The van der Waals surface area contributed by atoms with Gasteiger partial charge in [0.05, 0.1) is 5.56 Å². The molecule has 1 aromatic rings. The Labute approximate surface area is 101 Å². The minimum absolute atomic E-state index is 0.0388. The number of rotatable bonds is 2. The van der Waals surface area contributed by atoms with Gasteiger partial charge in [0, 0.05) is 24.9 Å². The largest absolute Gasteiger partial charge is 0.457 e. The Morgan fingerprint density at radius 3 is 3.07 bits per heavy atom. The first-order chi connectivity index (χ1) is 7.18. The molecule has 3 nitrogen and oxygen atoms in total. The fourth-order valence-corrected chi connectivity index (χ4v) is 3.23. The molecule has 0 saturated carbocycles. The fraction of sp³-hybridized carbons (Fsp3) is 0.500. The number of carbonyl (C=O) groups excluding carboxylic acids is 1. The van der Waals surface area contributed by atoms with Gasteiger partial charge in [0.25, 0.3) is 5.91 Å². The molecule has 15 heavy (non-hydrogen) atoms. The Kier molecular flexibility index (Phi) is 3.41. The molecule has 0 spiro atoms. The standard InChI is InChI=1S/C10H12BrNO2S/c1-12(8-2-3-15-6-8)10(13)7-4-9(11)14-5-7/h4-5,8H,2-3,6H2,1H3. The van der Waals surface area contributed by atoms with Crippen molar-refractivity contribution in [3.63, 3.8) is 0 Å². The number of amides is 1. The van der Waals surface area contributed by atoms with Crippen LogP contribution in [0.4, 0.5) is 0 Å². The van der Waals surface area contributed by atoms with E-state index in [0.29, 0.717) is 16.3 Å². The van der Waals surface area contributed by atoms with Gasteiger partial charge in [-0.2, -0.15) is 11.8 Å². The maximum absolute atomic E-state index is 12.0. The number of carbonyl (C=O) groups is 1. The van der Waals surface area contributed by atoms with Crippen LogP contribution in [0.1, 0.15) is 16.8 Å². The number of thioether (sulfide) groups is 1. The number of furan rings is 1. The van der Waals surface area contributed by atoms with Gasteiger partial charge in [-0.3, -0.25) is 4.79 Å². The molecule has 0 bridgehead atoms. The summed E-state index contributed by atoms with van der Waals surface area (Å²) in [5.74, 6) is 2.23. The van der Waals surface area contributed by atoms with Crippen molar-refractivity contribution in [1.82, 2.24) is 4.90 Å². The Balaban J connectivity index is 2.06. The van der Waals surface area contributed by atoms with E-state index in [-0.39, 0.29) is 5.91 Å². The molecule has 1 amide bonds. The van der Waals surface area contributed by atoms with Crippen LogP contribution in [0.5, 0.6) is 0 Å². The molecule has 2 heterocycles. The molecule has 1 aliphatic heterocycles. The van der Waals surface area contributed by atoms with Gasteiger partial charge in [0.1, 0.15) is 6.26 Å². The zero-order chi connectivity index (χ0) is 10.8. The molecule has 82 valence electrons. The summed E-state index contributed by atoms with van der Waals surface area (Å²) in [5.41, 5.74) is 0.612. The van der Waals surface area contributed by atoms with Crippen molar-refractivity contribution in [2.45, 2.75) is 12.5 Å². The molecule has 1 fully saturated rings. The SMILES string of the molecule is CN(C(=O)c1coc(Br)c1)C1CCSC1. The molecular formula is C10H12BrNO2S. The lowest BCUT2D eigenvalue weighted by Crippen LogP contribution is -2.36. The van der Waals surface area contributed by atoms with Crippen molar-refractivity contribution in [3.05, 3.63) is 22.6 Å². The zero-order valence-corrected chi connectivity index (χ0v) is 10.8. The third kappa shape index (κ3) is 2.39. The number of nitrogens with zero attached hydrogens (tertiary/aromatic N) is 1. The molecule has 1 aromatic heterocycles. The quantitative estimate of drug-likeness (QED) is 0.839. The Hall–Kier alpha value is -0.420. The monoisotopic (exact) mass is 289 g/mol. The van der Waals surface area contributed by atoms with Gasteiger partial charge in [-0.05, 0) is 28.1 Å². The summed E-state index contributed by atoms with van der Waals surface area (Å²) in [4.78, 5) is 13.8. The number of hydrogen-bond acceptors (Lipinski definition) is 3. The Morgan fingerprint density at radius 2 is 2.53 bits per heavy atom. The van der Waals surface area contributed by atoms with Crippen LogP contribution in [0.15, 0.2) is 21.4 Å². The van der Waals surface area contributed by atoms with Gasteiger partial charge in [0.2, 0.25) is 0 Å². The first kappa shape index (κ1) is 11.1. The first-order valence-electron chi connectivity index (χ1n) is 4.77. The lowest BCUT2D eigenvalue weighted by molar-refractivity contribution is 0.0747. The van der Waals surface area contributed by atoms with E-state index in [0.717, 1.165) is 17.9 Å². The smallest absolute Gasteiger partial charge is 0.257 e. The Bertz CT molecular complexity index is 360. The fourth-order valence-electron chi connectivity index (χ4n) is 1.62. The highest BCUT2D eigenvalue weighted by atomic mass is 79.9. The van der Waals surface area contributed by atoms with E-state index in [4.69, 9.17) is 4.42 Å². The minimum atomic E-state index is 0.0388. The highest BCUT2D eigenvalue weighted by molar-refractivity contribution is 9.10. The van der Waals surface area contributed by atoms with Crippen molar-refractivity contribution in [2.24, 2.45) is 0 Å². The van der Waals surface area contributed by atoms with Crippen LogP contribution in [0.3, 0.4) is 0 Å². The molecule has 0 radical (unpaired) electrons. The van der Waals surface area contributed by atoms with Crippen LogP contribution in [0, 0.1) is 0 Å². The van der Waals surface area contributed by atoms with Gasteiger partial charge in [0.15, 0.2) is 4.67 Å². The molecule has 0 aliphatic carbocycles. The number of halogens is 1. The van der Waals surface area contributed by atoms with E-state index in [1.54, 1.807) is 6.07 Å². The van der Waals surface area contributed by atoms with Gasteiger partial charge in [-0.25, -0.2) is 0 Å². The van der Waals surface area contributed by atoms with E-state index >= 15 is 0 Å². The van der Waals surface area contributed by atoms with Gasteiger partial charge in [-0.1, -0.05) is 0 Å². The highest BCUT2D eigenvalue weighted by Crippen LogP contribution is 2.23. The molecule has 1 atom stereocenters. The van der Waals surface area contributed by atoms with Crippen molar-refractivity contribution >= 4 is 33.6 Å². The second-order valence-electron chi connectivity index (χ2n) is 3.57. The molecule has 1 aliphatic rings. The minimum Gasteiger partial charge on any atom is -0.457 e. The normalized spacial score (nSPS) is 20.5. The van der Waals surface area contributed by atoms with E-state index in [9.17, 15) is 4.79 Å². The van der Waals surface area contributed by atoms with Crippen LogP contribution in [-0.4, -0.2) is 35.4 Å². The summed E-state index contributed by atoms with van der Waals surface area (Å²) < 4.78 is 5.66. The van der Waals surface area contributed by atoms with Crippen molar-refractivity contribution in [1.29, 1.82) is 0 Å². The molecule has 0 aromatic carbocycles. The summed E-state index contributed by atoms with van der Waals surface area (Å²) in [6, 6.07) is 2.08. The predicted molar refractivity (Wildman–Crippen MR) is 64.2 cm³/mol. The third-order valence-corrected chi connectivity index (χ3v) is 4.15. The molecule has 1 saturated heterocycles. The average molecular weight is 290 g/mol. The summed E-state index contributed by atoms with van der Waals surface area (Å²) in [5, 5.41) is 0. The van der Waals surface area contributed by atoms with E-state index in [1.807, 2.05) is 23.7 Å². The lowest BCUT2D eigenvalue weighted by Gasteiger charge is -2.22. The zero-order valence-electron chi connectivity index (χ0n) is 8.40. The lowest BCUT2D eigenvalue weighted by atomic mass is 10.2. The molecule has 2 rings (SSSR count). The maximum atomic E-state index is 12.0. The summed E-state index contributed by atoms with van der Waals surface area (Å²) in [7, 11) is 1.86. The topological polar surface area (TPSA) is 33.5 Å². The van der Waals surface area contributed by atoms with Crippen molar-refractivity contribution < 1.29 is 9.21 Å². The molecule has 1 unspecified atom stereocenters. The van der Waals surface area contributed by atoms with Gasteiger partial charge >= 0.3 is 0 Å². The van der Waals surface area contributed by atoms with Crippen LogP contribution in [-0.2, 0) is 0 Å². The molecule has 0 N–H and O–H groups in total. The number of hydrogen-bond donors (Lipinski definition) is 0. The second kappa shape index (κ2) is 4.61. The average Bonchev–Trinajstić information content (AvgIpc) is 2.85. The van der Waals surface area contributed by atoms with Crippen LogP contribution in [0.25, 0.3) is 0 Å². The summed E-state index contributed by atoms with van der Waals surface area (Å²) in [6.07, 6.45) is 2.58. The first-order valence-corrected chi connectivity index (χ1v) is 6.72. The summed E-state index contributed by atoms with van der Waals surface area (Å²) in [6.45, 7) is 0. The van der Waals surface area contributed by atoms with Crippen molar-refractivity contribution in [2.75, 3.05) is 18.6 Å². The third-order valence-electron chi connectivity index (χ3n) is 2.59. The van der Waals surface area contributed by atoms with Crippen LogP contribution in [0.2, 0.25) is 0 Å². The van der Waals surface area contributed by atoms with Gasteiger partial charge in [-0.15, -0.1) is 0 Å². The van der Waals surface area contributed by atoms with E-state index < -0.39 is 0 Å². The molecular weight excluding hydrogens is 278 g/mol. The molecule has 5 heteroatoms. The highest BCUT2D eigenvalue weighted by Gasteiger charge is 2.25. The van der Waals surface area contributed by atoms with Gasteiger partial charge < -0.3 is 9.32 Å². The maximum Gasteiger partial charge on any atom is 0.257 e.